The fourth-order valence-corrected chi connectivity index (χ4v) is 2.52. The molecule has 1 heterocycles. The summed E-state index contributed by atoms with van der Waals surface area (Å²) in [6.45, 7) is 6.39. The van der Waals surface area contributed by atoms with Crippen LogP contribution >= 0.6 is 0 Å². The van der Waals surface area contributed by atoms with Gasteiger partial charge in [-0.3, -0.25) is 4.68 Å². The van der Waals surface area contributed by atoms with Crippen LogP contribution in [0.4, 0.5) is 8.78 Å². The second kappa shape index (κ2) is 5.71. The lowest BCUT2D eigenvalue weighted by Crippen LogP contribution is -2.24. The SMILES string of the molecule is CCNC(c1cccc(F)c1F)c1c(C)nn(C)c1C. The first-order valence-corrected chi connectivity index (χ1v) is 6.64. The monoisotopic (exact) mass is 279 g/mol. The zero-order chi connectivity index (χ0) is 14.9. The molecule has 1 unspecified atom stereocenters. The van der Waals surface area contributed by atoms with Crippen LogP contribution in [0.5, 0.6) is 0 Å². The van der Waals surface area contributed by atoms with E-state index in [0.29, 0.717) is 12.1 Å². The highest BCUT2D eigenvalue weighted by Gasteiger charge is 2.24. The summed E-state index contributed by atoms with van der Waals surface area (Å²) in [4.78, 5) is 0. The fraction of sp³-hybridized carbons (Fsp3) is 0.400. The zero-order valence-electron chi connectivity index (χ0n) is 12.2. The van der Waals surface area contributed by atoms with E-state index in [1.807, 2.05) is 27.8 Å². The summed E-state index contributed by atoms with van der Waals surface area (Å²) < 4.78 is 29.3. The maximum absolute atomic E-state index is 14.1. The lowest BCUT2D eigenvalue weighted by atomic mass is 9.96. The molecular formula is C15H19F2N3. The summed E-state index contributed by atoms with van der Waals surface area (Å²) in [5, 5.41) is 7.57. The Morgan fingerprint density at radius 1 is 1.30 bits per heavy atom. The molecule has 0 amide bonds. The van der Waals surface area contributed by atoms with E-state index in [1.54, 1.807) is 10.7 Å². The van der Waals surface area contributed by atoms with E-state index in [-0.39, 0.29) is 0 Å². The van der Waals surface area contributed by atoms with Gasteiger partial charge in [-0.25, -0.2) is 8.78 Å². The molecule has 0 bridgehead atoms. The summed E-state index contributed by atoms with van der Waals surface area (Å²) in [5.41, 5.74) is 2.97. The van der Waals surface area contributed by atoms with E-state index in [9.17, 15) is 8.78 Å². The Balaban J connectivity index is 2.59. The quantitative estimate of drug-likeness (QED) is 0.932. The predicted molar refractivity (Wildman–Crippen MR) is 74.6 cm³/mol. The first kappa shape index (κ1) is 14.7. The molecule has 0 saturated carbocycles. The van der Waals surface area contributed by atoms with Crippen LogP contribution < -0.4 is 5.32 Å². The summed E-state index contributed by atoms with van der Waals surface area (Å²) in [7, 11) is 1.84. The maximum Gasteiger partial charge on any atom is 0.163 e. The van der Waals surface area contributed by atoms with Gasteiger partial charge in [-0.05, 0) is 26.5 Å². The van der Waals surface area contributed by atoms with Crippen molar-refractivity contribution in [3.8, 4) is 0 Å². The lowest BCUT2D eigenvalue weighted by Gasteiger charge is -2.20. The van der Waals surface area contributed by atoms with Gasteiger partial charge >= 0.3 is 0 Å². The third-order valence-electron chi connectivity index (χ3n) is 3.55. The van der Waals surface area contributed by atoms with Gasteiger partial charge in [0.05, 0.1) is 11.7 Å². The van der Waals surface area contributed by atoms with Gasteiger partial charge in [-0.15, -0.1) is 0 Å². The first-order valence-electron chi connectivity index (χ1n) is 6.64. The van der Waals surface area contributed by atoms with Crippen molar-refractivity contribution in [3.63, 3.8) is 0 Å². The smallest absolute Gasteiger partial charge is 0.163 e. The molecule has 1 aromatic carbocycles. The van der Waals surface area contributed by atoms with Crippen molar-refractivity contribution in [3.05, 3.63) is 52.3 Å². The molecule has 1 aromatic heterocycles. The minimum atomic E-state index is -0.829. The molecule has 0 radical (unpaired) electrons. The molecule has 0 saturated heterocycles. The molecule has 1 atom stereocenters. The Bertz CT molecular complexity index is 620. The van der Waals surface area contributed by atoms with Gasteiger partial charge < -0.3 is 5.32 Å². The third kappa shape index (κ3) is 2.45. The summed E-state index contributed by atoms with van der Waals surface area (Å²) in [6.07, 6.45) is 0. The molecule has 20 heavy (non-hydrogen) atoms. The van der Waals surface area contributed by atoms with Crippen molar-refractivity contribution in [2.24, 2.45) is 7.05 Å². The highest BCUT2D eigenvalue weighted by molar-refractivity contribution is 5.38. The second-order valence-electron chi connectivity index (χ2n) is 4.84. The van der Waals surface area contributed by atoms with Crippen molar-refractivity contribution in [1.82, 2.24) is 15.1 Å². The van der Waals surface area contributed by atoms with Gasteiger partial charge in [0.1, 0.15) is 0 Å². The Morgan fingerprint density at radius 2 is 2.00 bits per heavy atom. The zero-order valence-corrected chi connectivity index (χ0v) is 12.2. The number of hydrogen-bond acceptors (Lipinski definition) is 2. The van der Waals surface area contributed by atoms with Crippen LogP contribution in [0.1, 0.15) is 35.5 Å². The van der Waals surface area contributed by atoms with Crippen molar-refractivity contribution < 1.29 is 8.78 Å². The van der Waals surface area contributed by atoms with Gasteiger partial charge in [0.25, 0.3) is 0 Å². The van der Waals surface area contributed by atoms with E-state index in [2.05, 4.69) is 10.4 Å². The number of benzene rings is 1. The van der Waals surface area contributed by atoms with Gasteiger partial charge in [0, 0.05) is 23.9 Å². The number of halogens is 2. The van der Waals surface area contributed by atoms with Gasteiger partial charge in [0.15, 0.2) is 11.6 Å². The summed E-state index contributed by atoms with van der Waals surface area (Å²) in [6, 6.07) is 3.87. The highest BCUT2D eigenvalue weighted by Crippen LogP contribution is 2.29. The number of rotatable bonds is 4. The largest absolute Gasteiger partial charge is 0.306 e. The topological polar surface area (TPSA) is 29.9 Å². The molecule has 3 nitrogen and oxygen atoms in total. The molecule has 0 fully saturated rings. The molecule has 0 spiro atoms. The van der Waals surface area contributed by atoms with Gasteiger partial charge in [0.2, 0.25) is 0 Å². The van der Waals surface area contributed by atoms with E-state index in [0.717, 1.165) is 23.0 Å². The average molecular weight is 279 g/mol. The van der Waals surface area contributed by atoms with E-state index < -0.39 is 17.7 Å². The molecule has 1 N–H and O–H groups in total. The molecule has 5 heteroatoms. The van der Waals surface area contributed by atoms with Gasteiger partial charge in [-0.1, -0.05) is 19.1 Å². The Labute approximate surface area is 117 Å². The highest BCUT2D eigenvalue weighted by atomic mass is 19.2. The van der Waals surface area contributed by atoms with Crippen LogP contribution in [0, 0.1) is 25.5 Å². The Hall–Kier alpha value is -1.75. The fourth-order valence-electron chi connectivity index (χ4n) is 2.52. The number of nitrogens with one attached hydrogen (secondary N) is 1. The molecular weight excluding hydrogens is 260 g/mol. The van der Waals surface area contributed by atoms with Gasteiger partial charge in [-0.2, -0.15) is 5.10 Å². The molecule has 0 aliphatic heterocycles. The molecule has 2 rings (SSSR count). The van der Waals surface area contributed by atoms with Crippen molar-refractivity contribution in [2.75, 3.05) is 6.54 Å². The molecule has 0 aliphatic carbocycles. The lowest BCUT2D eigenvalue weighted by molar-refractivity contribution is 0.482. The predicted octanol–water partition coefficient (Wildman–Crippen LogP) is 3.01. The number of nitrogens with zero attached hydrogens (tertiary/aromatic N) is 2. The number of hydrogen-bond donors (Lipinski definition) is 1. The molecule has 108 valence electrons. The Kier molecular flexibility index (Phi) is 4.18. The van der Waals surface area contributed by atoms with Crippen molar-refractivity contribution in [2.45, 2.75) is 26.8 Å². The minimum Gasteiger partial charge on any atom is -0.306 e. The third-order valence-corrected chi connectivity index (χ3v) is 3.55. The standard InChI is InChI=1S/C15H19F2N3/c1-5-18-15(11-7-6-8-12(16)14(11)17)13-9(2)19-20(4)10(13)3/h6-8,15,18H,5H2,1-4H3. The van der Waals surface area contributed by atoms with Crippen LogP contribution in [0.15, 0.2) is 18.2 Å². The van der Waals surface area contributed by atoms with Crippen LogP contribution in [0.25, 0.3) is 0 Å². The average Bonchev–Trinajstić information content (AvgIpc) is 2.65. The first-order chi connectivity index (χ1) is 9.47. The minimum absolute atomic E-state index is 0.311. The molecule has 2 aromatic rings. The number of aryl methyl sites for hydroxylation is 2. The van der Waals surface area contributed by atoms with Crippen LogP contribution in [-0.2, 0) is 7.05 Å². The molecule has 0 aliphatic rings. The van der Waals surface area contributed by atoms with Crippen molar-refractivity contribution in [1.29, 1.82) is 0 Å². The van der Waals surface area contributed by atoms with Crippen LogP contribution in [0.3, 0.4) is 0 Å². The van der Waals surface area contributed by atoms with Crippen molar-refractivity contribution >= 4 is 0 Å². The summed E-state index contributed by atoms with van der Waals surface area (Å²) in [5.74, 6) is -1.63. The van der Waals surface area contributed by atoms with E-state index >= 15 is 0 Å². The normalized spacial score (nSPS) is 12.7. The second-order valence-corrected chi connectivity index (χ2v) is 4.84. The van der Waals surface area contributed by atoms with Crippen LogP contribution in [0.2, 0.25) is 0 Å². The van der Waals surface area contributed by atoms with Crippen LogP contribution in [-0.4, -0.2) is 16.3 Å². The number of aromatic nitrogens is 2. The maximum atomic E-state index is 14.1. The van der Waals surface area contributed by atoms with E-state index in [1.165, 1.54) is 6.07 Å². The van der Waals surface area contributed by atoms with E-state index in [4.69, 9.17) is 0 Å². The summed E-state index contributed by atoms with van der Waals surface area (Å²) >= 11 is 0. The Morgan fingerprint density at radius 3 is 2.55 bits per heavy atom.